The molecule has 1 atom stereocenters. The Morgan fingerprint density at radius 3 is 2.52 bits per heavy atom. The Morgan fingerprint density at radius 1 is 1.12 bits per heavy atom. The second-order valence-electron chi connectivity index (χ2n) is 9.11. The largest absolute Gasteiger partial charge is 0.330 e. The third-order valence-corrected chi connectivity index (χ3v) is 6.20. The van der Waals surface area contributed by atoms with Gasteiger partial charge in [-0.3, -0.25) is 14.8 Å². The van der Waals surface area contributed by atoms with Crippen LogP contribution in [0.4, 0.5) is 4.79 Å². The van der Waals surface area contributed by atoms with E-state index >= 15 is 0 Å². The van der Waals surface area contributed by atoms with Gasteiger partial charge >= 0.3 is 6.03 Å². The number of urea groups is 1. The van der Waals surface area contributed by atoms with Crippen LogP contribution in [0.5, 0.6) is 0 Å². The first-order valence-electron chi connectivity index (χ1n) is 11.0. The van der Waals surface area contributed by atoms with Crippen LogP contribution in [-0.2, 0) is 0 Å². The summed E-state index contributed by atoms with van der Waals surface area (Å²) in [7, 11) is 3.98. The van der Waals surface area contributed by atoms with Crippen molar-refractivity contribution in [3.05, 3.63) is 77.1 Å². The molecule has 2 aliphatic heterocycles. The molecule has 0 fully saturated rings. The topological polar surface area (TPSA) is 89.9 Å². The first-order valence-corrected chi connectivity index (χ1v) is 11.0. The standard InChI is InChI=1S/C25H30N6O2/c1-25(2)19-14-27-22(29-23(32)20-12-8-9-13-26-20)18(19)15-31(25)24(33)28-21(16-30(3)4)17-10-6-5-7-11-17/h5-13,21H,14-16H2,1-4H3,(H,28,33)(H,27,29,32)/t21-/m1/s1. The Bertz CT molecular complexity index is 1090. The van der Waals surface area contributed by atoms with Gasteiger partial charge in [-0.25, -0.2) is 4.79 Å². The van der Waals surface area contributed by atoms with Crippen LogP contribution in [0.15, 0.2) is 70.9 Å². The van der Waals surface area contributed by atoms with E-state index < -0.39 is 5.54 Å². The summed E-state index contributed by atoms with van der Waals surface area (Å²) in [6, 6.07) is 14.9. The second-order valence-corrected chi connectivity index (χ2v) is 9.11. The van der Waals surface area contributed by atoms with Crippen LogP contribution in [0.25, 0.3) is 0 Å². The Morgan fingerprint density at radius 2 is 1.85 bits per heavy atom. The van der Waals surface area contributed by atoms with Crippen molar-refractivity contribution in [3.8, 4) is 0 Å². The van der Waals surface area contributed by atoms with Gasteiger partial charge in [0.05, 0.1) is 24.7 Å². The second kappa shape index (κ2) is 9.15. The molecule has 0 radical (unpaired) electrons. The van der Waals surface area contributed by atoms with Gasteiger partial charge in [-0.05, 0) is 51.2 Å². The highest BCUT2D eigenvalue weighted by molar-refractivity contribution is 6.14. The molecule has 0 spiro atoms. The summed E-state index contributed by atoms with van der Waals surface area (Å²) < 4.78 is 0. The molecular formula is C25H30N6O2. The third-order valence-electron chi connectivity index (χ3n) is 6.20. The molecule has 0 bridgehead atoms. The summed E-state index contributed by atoms with van der Waals surface area (Å²) in [6.07, 6.45) is 1.58. The van der Waals surface area contributed by atoms with E-state index in [1.165, 1.54) is 0 Å². The van der Waals surface area contributed by atoms with Gasteiger partial charge in [0.2, 0.25) is 0 Å². The number of carbonyl (C=O) groups excluding carboxylic acids is 2. The normalized spacial score (nSPS) is 17.6. The molecule has 2 aliphatic rings. The minimum absolute atomic E-state index is 0.138. The molecule has 0 saturated heterocycles. The number of amidine groups is 1. The van der Waals surface area contributed by atoms with Crippen LogP contribution < -0.4 is 10.6 Å². The van der Waals surface area contributed by atoms with E-state index in [4.69, 9.17) is 0 Å². The number of nitrogens with one attached hydrogen (secondary N) is 2. The summed E-state index contributed by atoms with van der Waals surface area (Å²) in [5.41, 5.74) is 2.83. The molecule has 3 amide bonds. The van der Waals surface area contributed by atoms with Gasteiger partial charge in [-0.2, -0.15) is 0 Å². The number of nitrogens with zero attached hydrogens (tertiary/aromatic N) is 4. The summed E-state index contributed by atoms with van der Waals surface area (Å²) in [6.45, 7) is 5.58. The quantitative estimate of drug-likeness (QED) is 0.739. The first-order chi connectivity index (χ1) is 15.8. The highest BCUT2D eigenvalue weighted by atomic mass is 16.2. The number of aromatic nitrogens is 1. The molecule has 0 saturated carbocycles. The zero-order chi connectivity index (χ0) is 23.6. The Balaban J connectivity index is 1.49. The lowest BCUT2D eigenvalue weighted by Gasteiger charge is -2.36. The van der Waals surface area contributed by atoms with Gasteiger partial charge in [-0.15, -0.1) is 0 Å². The number of hydrogen-bond donors (Lipinski definition) is 2. The SMILES string of the molecule is CN(C)C[C@@H](NC(=O)N1CC2=C(CN=C2NC(=O)c2ccccn2)C1(C)C)c1ccccc1. The number of pyridine rings is 1. The van der Waals surface area contributed by atoms with Crippen molar-refractivity contribution in [3.63, 3.8) is 0 Å². The maximum Gasteiger partial charge on any atom is 0.318 e. The molecule has 1 aromatic heterocycles. The van der Waals surface area contributed by atoms with Crippen LogP contribution in [0.2, 0.25) is 0 Å². The number of benzene rings is 1. The Labute approximate surface area is 194 Å². The first kappa shape index (κ1) is 22.7. The molecule has 2 N–H and O–H groups in total. The monoisotopic (exact) mass is 446 g/mol. The van der Waals surface area contributed by atoms with Crippen molar-refractivity contribution in [1.82, 2.24) is 25.4 Å². The third kappa shape index (κ3) is 4.66. The number of likely N-dealkylation sites (N-methyl/N-ethyl adjacent to an activating group) is 1. The van der Waals surface area contributed by atoms with E-state index in [9.17, 15) is 9.59 Å². The summed E-state index contributed by atoms with van der Waals surface area (Å²) >= 11 is 0. The Hall–Kier alpha value is -3.52. The molecule has 8 nitrogen and oxygen atoms in total. The van der Waals surface area contributed by atoms with Crippen molar-refractivity contribution in [2.45, 2.75) is 25.4 Å². The van der Waals surface area contributed by atoms with E-state index in [0.717, 1.165) is 16.7 Å². The minimum Gasteiger partial charge on any atom is -0.330 e. The maximum atomic E-state index is 13.4. The zero-order valence-electron chi connectivity index (χ0n) is 19.5. The predicted molar refractivity (Wildman–Crippen MR) is 128 cm³/mol. The van der Waals surface area contributed by atoms with Crippen molar-refractivity contribution < 1.29 is 9.59 Å². The fourth-order valence-electron chi connectivity index (χ4n) is 4.36. The molecule has 4 rings (SSSR count). The van der Waals surface area contributed by atoms with Gasteiger partial charge in [-0.1, -0.05) is 36.4 Å². The van der Waals surface area contributed by atoms with Crippen LogP contribution in [-0.4, -0.2) is 71.8 Å². The van der Waals surface area contributed by atoms with Crippen molar-refractivity contribution in [2.75, 3.05) is 33.7 Å². The van der Waals surface area contributed by atoms with Crippen molar-refractivity contribution >= 4 is 17.8 Å². The lowest BCUT2D eigenvalue weighted by Crippen LogP contribution is -2.52. The number of carbonyl (C=O) groups is 2. The molecule has 0 unspecified atom stereocenters. The summed E-state index contributed by atoms with van der Waals surface area (Å²) in [5, 5.41) is 6.10. The van der Waals surface area contributed by atoms with Gasteiger partial charge in [0.25, 0.3) is 5.91 Å². The molecule has 172 valence electrons. The van der Waals surface area contributed by atoms with Crippen molar-refractivity contribution in [2.24, 2.45) is 4.99 Å². The fourth-order valence-corrected chi connectivity index (χ4v) is 4.36. The lowest BCUT2D eigenvalue weighted by atomic mass is 9.94. The molecule has 8 heteroatoms. The van der Waals surface area contributed by atoms with E-state index in [1.807, 2.05) is 63.2 Å². The molecule has 2 aromatic rings. The number of amides is 3. The van der Waals surface area contributed by atoms with Crippen LogP contribution >= 0.6 is 0 Å². The highest BCUT2D eigenvalue weighted by Gasteiger charge is 2.46. The number of hydrogen-bond acceptors (Lipinski definition) is 5. The van der Waals surface area contributed by atoms with Crippen LogP contribution in [0.1, 0.15) is 35.9 Å². The van der Waals surface area contributed by atoms with Gasteiger partial charge in [0, 0.05) is 18.3 Å². The highest BCUT2D eigenvalue weighted by Crippen LogP contribution is 2.38. The number of rotatable bonds is 5. The average molecular weight is 447 g/mol. The van der Waals surface area contributed by atoms with E-state index in [2.05, 4.69) is 25.5 Å². The van der Waals surface area contributed by atoms with E-state index in [1.54, 1.807) is 24.4 Å². The molecule has 1 aromatic carbocycles. The zero-order valence-corrected chi connectivity index (χ0v) is 19.5. The molecule has 0 aliphatic carbocycles. The average Bonchev–Trinajstić information content (AvgIpc) is 3.32. The lowest BCUT2D eigenvalue weighted by molar-refractivity contribution is 0.0972. The van der Waals surface area contributed by atoms with E-state index in [0.29, 0.717) is 31.2 Å². The molecule has 3 heterocycles. The minimum atomic E-state index is -0.514. The van der Waals surface area contributed by atoms with Gasteiger partial charge in [0.1, 0.15) is 11.5 Å². The smallest absolute Gasteiger partial charge is 0.318 e. The van der Waals surface area contributed by atoms with Gasteiger partial charge in [0.15, 0.2) is 0 Å². The summed E-state index contributed by atoms with van der Waals surface area (Å²) in [4.78, 5) is 38.6. The Kier molecular flexibility index (Phi) is 6.29. The summed E-state index contributed by atoms with van der Waals surface area (Å²) in [5.74, 6) is 0.218. The predicted octanol–water partition coefficient (Wildman–Crippen LogP) is 2.63. The van der Waals surface area contributed by atoms with Gasteiger partial charge < -0.3 is 20.4 Å². The molecular weight excluding hydrogens is 416 g/mol. The molecule has 33 heavy (non-hydrogen) atoms. The van der Waals surface area contributed by atoms with Crippen molar-refractivity contribution in [1.29, 1.82) is 0 Å². The number of aliphatic imine (C=N–C) groups is 1. The van der Waals surface area contributed by atoms with Crippen LogP contribution in [0.3, 0.4) is 0 Å². The van der Waals surface area contributed by atoms with E-state index in [-0.39, 0.29) is 18.0 Å². The fraction of sp³-hybridized carbons (Fsp3) is 0.360. The van der Waals surface area contributed by atoms with Crippen LogP contribution in [0, 0.1) is 0 Å². The maximum absolute atomic E-state index is 13.4.